The quantitative estimate of drug-likeness (QED) is 0.147. The van der Waals surface area contributed by atoms with Gasteiger partial charge >= 0.3 is 0 Å². The largest absolute Gasteiger partial charge is 0.309 e. The Hall–Kier alpha value is -6.74. The highest BCUT2D eigenvalue weighted by molar-refractivity contribution is 7.85. The topological polar surface area (TPSA) is 55.7 Å². The second-order valence-electron chi connectivity index (χ2n) is 13.2. The van der Waals surface area contributed by atoms with E-state index >= 15 is 4.57 Å². The molecule has 0 aliphatic carbocycles. The molecule has 1 heterocycles. The van der Waals surface area contributed by atoms with Crippen molar-refractivity contribution in [1.82, 2.24) is 15.0 Å². The van der Waals surface area contributed by atoms with Crippen molar-refractivity contribution < 1.29 is 4.57 Å². The molecule has 54 heavy (non-hydrogen) atoms. The molecule has 4 nitrogen and oxygen atoms in total. The van der Waals surface area contributed by atoms with Crippen molar-refractivity contribution in [2.75, 3.05) is 0 Å². The smallest absolute Gasteiger partial charge is 0.171 e. The van der Waals surface area contributed by atoms with Crippen LogP contribution in [0, 0.1) is 0 Å². The van der Waals surface area contributed by atoms with Crippen LogP contribution < -0.4 is 15.9 Å². The SMILES string of the molecule is O=P(c1ccccc1)(c1ccccc1)c1ccc(-c2ccc3ccccc3c2-c2ccc(-c3nc(-c4ccccc4)nc(-c4ccccc4)n3)cc2)cc1. The van der Waals surface area contributed by atoms with E-state index in [9.17, 15) is 0 Å². The summed E-state index contributed by atoms with van der Waals surface area (Å²) in [7, 11) is -3.09. The van der Waals surface area contributed by atoms with Gasteiger partial charge in [-0.25, -0.2) is 15.0 Å². The van der Waals surface area contributed by atoms with Gasteiger partial charge in [-0.3, -0.25) is 0 Å². The second kappa shape index (κ2) is 14.4. The zero-order chi connectivity index (χ0) is 36.3. The molecule has 0 fully saturated rings. The van der Waals surface area contributed by atoms with Crippen LogP contribution in [0.5, 0.6) is 0 Å². The molecule has 0 aliphatic heterocycles. The van der Waals surface area contributed by atoms with Gasteiger partial charge in [0, 0.05) is 32.6 Å². The van der Waals surface area contributed by atoms with E-state index in [1.54, 1.807) is 0 Å². The van der Waals surface area contributed by atoms with E-state index in [2.05, 4.69) is 72.8 Å². The summed E-state index contributed by atoms with van der Waals surface area (Å²) in [6.07, 6.45) is 0. The molecule has 9 aromatic rings. The summed E-state index contributed by atoms with van der Waals surface area (Å²) in [5.74, 6) is 1.88. The predicted molar refractivity (Wildman–Crippen MR) is 224 cm³/mol. The maximum absolute atomic E-state index is 15.1. The minimum Gasteiger partial charge on any atom is -0.309 e. The molecule has 1 aromatic heterocycles. The molecule has 9 rings (SSSR count). The van der Waals surface area contributed by atoms with Crippen LogP contribution in [0.1, 0.15) is 0 Å². The molecule has 5 heteroatoms. The van der Waals surface area contributed by atoms with Crippen molar-refractivity contribution in [1.29, 1.82) is 0 Å². The number of benzene rings is 8. The Kier molecular flexibility index (Phi) is 8.80. The minimum atomic E-state index is -3.09. The predicted octanol–water partition coefficient (Wildman–Crippen LogP) is 11.0. The van der Waals surface area contributed by atoms with Crippen molar-refractivity contribution in [3.63, 3.8) is 0 Å². The average Bonchev–Trinajstić information content (AvgIpc) is 3.27. The van der Waals surface area contributed by atoms with Crippen LogP contribution in [0.25, 0.3) is 67.2 Å². The van der Waals surface area contributed by atoms with Crippen molar-refractivity contribution >= 4 is 33.8 Å². The molecular weight excluding hydrogens is 678 g/mol. The Morgan fingerprint density at radius 2 is 0.704 bits per heavy atom. The number of fused-ring (bicyclic) bond motifs is 1. The molecule has 0 radical (unpaired) electrons. The number of hydrogen-bond acceptors (Lipinski definition) is 4. The number of hydrogen-bond donors (Lipinski definition) is 0. The summed E-state index contributed by atoms with van der Waals surface area (Å²) in [6, 6.07) is 69.3. The van der Waals surface area contributed by atoms with Gasteiger partial charge in [0.25, 0.3) is 0 Å². The van der Waals surface area contributed by atoms with Crippen LogP contribution in [0.15, 0.2) is 206 Å². The summed E-state index contributed by atoms with van der Waals surface area (Å²) >= 11 is 0. The van der Waals surface area contributed by atoms with Gasteiger partial charge in [-0.2, -0.15) is 0 Å². The highest BCUT2D eigenvalue weighted by Gasteiger charge is 2.29. The molecule has 0 atom stereocenters. The molecule has 0 saturated heterocycles. The first kappa shape index (κ1) is 33.1. The Labute approximate surface area is 314 Å². The van der Waals surface area contributed by atoms with Crippen LogP contribution in [0.2, 0.25) is 0 Å². The van der Waals surface area contributed by atoms with E-state index in [1.165, 1.54) is 0 Å². The van der Waals surface area contributed by atoms with E-state index in [0.29, 0.717) is 17.5 Å². The van der Waals surface area contributed by atoms with Crippen LogP contribution >= 0.6 is 7.14 Å². The van der Waals surface area contributed by atoms with Gasteiger partial charge in [-0.15, -0.1) is 0 Å². The lowest BCUT2D eigenvalue weighted by molar-refractivity contribution is 0.592. The van der Waals surface area contributed by atoms with Gasteiger partial charge in [0.05, 0.1) is 0 Å². The Balaban J connectivity index is 1.14. The molecule has 8 aromatic carbocycles. The van der Waals surface area contributed by atoms with E-state index in [-0.39, 0.29) is 0 Å². The van der Waals surface area contributed by atoms with Crippen molar-refractivity contribution in [2.45, 2.75) is 0 Å². The summed E-state index contributed by atoms with van der Waals surface area (Å²) in [5, 5.41) is 4.76. The van der Waals surface area contributed by atoms with Gasteiger partial charge in [0.15, 0.2) is 24.6 Å². The van der Waals surface area contributed by atoms with Gasteiger partial charge < -0.3 is 4.57 Å². The Bertz CT molecular complexity index is 2650. The average molecular weight is 712 g/mol. The van der Waals surface area contributed by atoms with Gasteiger partial charge in [0.2, 0.25) is 0 Å². The highest BCUT2D eigenvalue weighted by Crippen LogP contribution is 2.44. The fraction of sp³-hybridized carbons (Fsp3) is 0. The number of rotatable bonds is 8. The number of nitrogens with zero attached hydrogens (tertiary/aromatic N) is 3. The Morgan fingerprint density at radius 3 is 1.22 bits per heavy atom. The lowest BCUT2D eigenvalue weighted by atomic mass is 9.89. The molecule has 0 aliphatic rings. The Morgan fingerprint density at radius 1 is 0.315 bits per heavy atom. The fourth-order valence-electron chi connectivity index (χ4n) is 7.12. The summed E-state index contributed by atoms with van der Waals surface area (Å²) in [5.41, 5.74) is 7.13. The standard InChI is InChI=1S/C49H34N3OP/c53-54(41-20-9-3-10-21-41,42-22-11-4-12-23-42)43-32-29-36(30-33-43)45-34-31-35-15-13-14-24-44(35)46(45)37-25-27-40(28-26-37)49-51-47(38-16-5-1-6-17-38)50-48(52-49)39-18-7-2-8-19-39/h1-34H. The maximum Gasteiger partial charge on any atom is 0.171 e. The van der Waals surface area contributed by atoms with Gasteiger partial charge in [-0.05, 0) is 33.0 Å². The first-order valence-electron chi connectivity index (χ1n) is 18.0. The summed E-state index contributed by atoms with van der Waals surface area (Å²) in [6.45, 7) is 0. The highest BCUT2D eigenvalue weighted by atomic mass is 31.2. The molecule has 0 amide bonds. The van der Waals surface area contributed by atoms with Crippen LogP contribution in [-0.2, 0) is 4.57 Å². The third-order valence-corrected chi connectivity index (χ3v) is 12.9. The van der Waals surface area contributed by atoms with Crippen molar-refractivity contribution in [3.05, 3.63) is 206 Å². The monoisotopic (exact) mass is 711 g/mol. The first-order chi connectivity index (χ1) is 26.6. The van der Waals surface area contributed by atoms with Crippen LogP contribution in [0.4, 0.5) is 0 Å². The van der Waals surface area contributed by atoms with Crippen molar-refractivity contribution in [2.24, 2.45) is 0 Å². The van der Waals surface area contributed by atoms with Gasteiger partial charge in [0.1, 0.15) is 0 Å². The van der Waals surface area contributed by atoms with Crippen molar-refractivity contribution in [3.8, 4) is 56.4 Å². The zero-order valence-electron chi connectivity index (χ0n) is 29.3. The minimum absolute atomic E-state index is 0.615. The molecule has 0 saturated carbocycles. The van der Waals surface area contributed by atoms with E-state index in [0.717, 1.165) is 65.6 Å². The normalized spacial score (nSPS) is 11.4. The summed E-state index contributed by atoms with van der Waals surface area (Å²) < 4.78 is 15.1. The second-order valence-corrected chi connectivity index (χ2v) is 15.9. The van der Waals surface area contributed by atoms with E-state index in [1.807, 2.05) is 133 Å². The third-order valence-electron chi connectivity index (χ3n) is 9.84. The van der Waals surface area contributed by atoms with E-state index in [4.69, 9.17) is 15.0 Å². The molecule has 0 spiro atoms. The van der Waals surface area contributed by atoms with Crippen LogP contribution in [0.3, 0.4) is 0 Å². The van der Waals surface area contributed by atoms with Crippen LogP contribution in [-0.4, -0.2) is 15.0 Å². The fourth-order valence-corrected chi connectivity index (χ4v) is 9.77. The van der Waals surface area contributed by atoms with Gasteiger partial charge in [-0.1, -0.05) is 206 Å². The molecular formula is C49H34N3OP. The lowest BCUT2D eigenvalue weighted by Crippen LogP contribution is -2.24. The van der Waals surface area contributed by atoms with E-state index < -0.39 is 7.14 Å². The number of aromatic nitrogens is 3. The molecule has 0 N–H and O–H groups in total. The molecule has 256 valence electrons. The molecule has 0 bridgehead atoms. The lowest BCUT2D eigenvalue weighted by Gasteiger charge is -2.21. The molecule has 0 unspecified atom stereocenters. The third kappa shape index (κ3) is 6.23. The maximum atomic E-state index is 15.1. The summed E-state index contributed by atoms with van der Waals surface area (Å²) in [4.78, 5) is 14.7. The first-order valence-corrected chi connectivity index (χ1v) is 19.7. The zero-order valence-corrected chi connectivity index (χ0v) is 30.2.